The van der Waals surface area contributed by atoms with Crippen molar-refractivity contribution in [3.63, 3.8) is 0 Å². The Hall–Kier alpha value is -2.38. The summed E-state index contributed by atoms with van der Waals surface area (Å²) >= 11 is 0. The predicted molar refractivity (Wildman–Crippen MR) is 85.7 cm³/mol. The highest BCUT2D eigenvalue weighted by Crippen LogP contribution is 2.35. The van der Waals surface area contributed by atoms with E-state index in [-0.39, 0.29) is 29.2 Å². The molecule has 1 heterocycles. The number of benzene rings is 1. The summed E-state index contributed by atoms with van der Waals surface area (Å²) in [5, 5.41) is 5.39. The maximum atomic E-state index is 12.5. The fourth-order valence-corrected chi connectivity index (χ4v) is 2.59. The van der Waals surface area contributed by atoms with Crippen molar-refractivity contribution in [3.8, 4) is 11.5 Å². The first-order valence-corrected chi connectivity index (χ1v) is 8.30. The van der Waals surface area contributed by atoms with Gasteiger partial charge in [0.15, 0.2) is 11.5 Å². The van der Waals surface area contributed by atoms with Gasteiger partial charge in [0.25, 0.3) is 0 Å². The van der Waals surface area contributed by atoms with Crippen molar-refractivity contribution in [2.24, 2.45) is 11.8 Å². The van der Waals surface area contributed by atoms with Gasteiger partial charge in [-0.2, -0.15) is 8.78 Å². The smallest absolute Gasteiger partial charge is 0.387 e. The number of carbonyl (C=O) groups is 2. The van der Waals surface area contributed by atoms with Crippen LogP contribution in [0.5, 0.6) is 11.5 Å². The molecule has 2 fully saturated rings. The molecule has 0 bridgehead atoms. The Morgan fingerprint density at radius 2 is 2.08 bits per heavy atom. The minimum Gasteiger partial charge on any atom is -0.489 e. The van der Waals surface area contributed by atoms with Crippen molar-refractivity contribution >= 4 is 17.5 Å². The number of nitrogens with one attached hydrogen (secondary N) is 2. The van der Waals surface area contributed by atoms with Crippen molar-refractivity contribution < 1.29 is 27.8 Å². The molecule has 0 aromatic heterocycles. The van der Waals surface area contributed by atoms with E-state index in [9.17, 15) is 18.4 Å². The first-order chi connectivity index (χ1) is 12.0. The molecular weight excluding hydrogens is 334 g/mol. The number of hydrogen-bond donors (Lipinski definition) is 2. The largest absolute Gasteiger partial charge is 0.489 e. The molecule has 1 aliphatic carbocycles. The van der Waals surface area contributed by atoms with E-state index in [1.165, 1.54) is 18.2 Å². The summed E-state index contributed by atoms with van der Waals surface area (Å²) in [5.74, 6) is -0.0291. The average molecular weight is 354 g/mol. The van der Waals surface area contributed by atoms with E-state index in [2.05, 4.69) is 15.4 Å². The lowest BCUT2D eigenvalue weighted by Gasteiger charge is -2.22. The van der Waals surface area contributed by atoms with Crippen LogP contribution in [0.3, 0.4) is 0 Å². The van der Waals surface area contributed by atoms with Crippen LogP contribution in [0.1, 0.15) is 25.7 Å². The second kappa shape index (κ2) is 7.67. The highest BCUT2D eigenvalue weighted by Gasteiger charge is 2.25. The Balaban J connectivity index is 1.66. The summed E-state index contributed by atoms with van der Waals surface area (Å²) in [6, 6.07) is 4.33. The molecule has 1 atom stereocenters. The molecule has 25 heavy (non-hydrogen) atoms. The molecular formula is C17H20F2N2O4. The Bertz CT molecular complexity index is 640. The van der Waals surface area contributed by atoms with Gasteiger partial charge in [-0.3, -0.25) is 9.59 Å². The summed E-state index contributed by atoms with van der Waals surface area (Å²) in [6.45, 7) is -2.22. The van der Waals surface area contributed by atoms with Gasteiger partial charge in [0.05, 0.1) is 12.5 Å². The van der Waals surface area contributed by atoms with Crippen LogP contribution < -0.4 is 20.1 Å². The predicted octanol–water partition coefficient (Wildman–Crippen LogP) is 2.54. The van der Waals surface area contributed by atoms with Crippen LogP contribution in [0, 0.1) is 11.8 Å². The highest BCUT2D eigenvalue weighted by atomic mass is 19.3. The maximum Gasteiger partial charge on any atom is 0.387 e. The molecule has 1 aliphatic heterocycles. The van der Waals surface area contributed by atoms with E-state index in [1.54, 1.807) is 0 Å². The highest BCUT2D eigenvalue weighted by molar-refractivity contribution is 5.94. The molecule has 1 aromatic rings. The van der Waals surface area contributed by atoms with Crippen LogP contribution in [0.4, 0.5) is 14.5 Å². The second-order valence-electron chi connectivity index (χ2n) is 6.32. The number of rotatable bonds is 7. The van der Waals surface area contributed by atoms with Crippen LogP contribution in [-0.2, 0) is 9.59 Å². The number of hydrogen-bond acceptors (Lipinski definition) is 4. The van der Waals surface area contributed by atoms with Crippen molar-refractivity contribution in [1.29, 1.82) is 0 Å². The summed E-state index contributed by atoms with van der Waals surface area (Å²) in [5.41, 5.74) is 0.439. The Kier molecular flexibility index (Phi) is 5.35. The van der Waals surface area contributed by atoms with Gasteiger partial charge in [0.1, 0.15) is 0 Å². The van der Waals surface area contributed by atoms with Crippen LogP contribution >= 0.6 is 0 Å². The van der Waals surface area contributed by atoms with E-state index in [0.29, 0.717) is 37.6 Å². The number of anilines is 1. The van der Waals surface area contributed by atoms with E-state index in [0.717, 1.165) is 12.8 Å². The van der Waals surface area contributed by atoms with Crippen molar-refractivity contribution in [2.45, 2.75) is 32.3 Å². The van der Waals surface area contributed by atoms with Crippen molar-refractivity contribution in [1.82, 2.24) is 5.32 Å². The molecule has 136 valence electrons. The van der Waals surface area contributed by atoms with Crippen LogP contribution in [0.15, 0.2) is 18.2 Å². The Morgan fingerprint density at radius 1 is 1.28 bits per heavy atom. The third kappa shape index (κ3) is 5.04. The van der Waals surface area contributed by atoms with Crippen LogP contribution in [0.2, 0.25) is 0 Å². The first-order valence-electron chi connectivity index (χ1n) is 8.30. The van der Waals surface area contributed by atoms with E-state index >= 15 is 0 Å². The van der Waals surface area contributed by atoms with Gasteiger partial charge in [-0.05, 0) is 37.3 Å². The van der Waals surface area contributed by atoms with Gasteiger partial charge in [0, 0.05) is 24.7 Å². The third-order valence-corrected chi connectivity index (χ3v) is 4.24. The molecule has 2 amide bonds. The number of ether oxygens (including phenoxy) is 2. The lowest BCUT2D eigenvalue weighted by Crippen LogP contribution is -2.40. The fraction of sp³-hybridized carbons (Fsp3) is 0.529. The van der Waals surface area contributed by atoms with Crippen LogP contribution in [0.25, 0.3) is 0 Å². The van der Waals surface area contributed by atoms with E-state index < -0.39 is 6.61 Å². The van der Waals surface area contributed by atoms with Gasteiger partial charge in [0.2, 0.25) is 11.8 Å². The molecule has 0 spiro atoms. The zero-order chi connectivity index (χ0) is 17.8. The minimum atomic E-state index is -2.95. The van der Waals surface area contributed by atoms with Crippen molar-refractivity contribution in [2.75, 3.05) is 18.5 Å². The summed E-state index contributed by atoms with van der Waals surface area (Å²) in [7, 11) is 0. The zero-order valence-electron chi connectivity index (χ0n) is 13.6. The molecule has 8 heteroatoms. The lowest BCUT2D eigenvalue weighted by molar-refractivity contribution is -0.126. The van der Waals surface area contributed by atoms with Gasteiger partial charge < -0.3 is 20.1 Å². The Labute approximate surface area is 143 Å². The number of halogens is 2. The van der Waals surface area contributed by atoms with Gasteiger partial charge >= 0.3 is 6.61 Å². The summed E-state index contributed by atoms with van der Waals surface area (Å²) < 4.78 is 35.1. The van der Waals surface area contributed by atoms with E-state index in [4.69, 9.17) is 4.74 Å². The zero-order valence-corrected chi connectivity index (χ0v) is 13.6. The topological polar surface area (TPSA) is 76.7 Å². The molecule has 0 unspecified atom stereocenters. The third-order valence-electron chi connectivity index (χ3n) is 4.24. The number of amides is 2. The Morgan fingerprint density at radius 3 is 2.72 bits per heavy atom. The maximum absolute atomic E-state index is 12.5. The first kappa shape index (κ1) is 17.4. The lowest BCUT2D eigenvalue weighted by atomic mass is 9.98. The number of piperidine rings is 1. The molecule has 1 aromatic carbocycles. The van der Waals surface area contributed by atoms with E-state index in [1.807, 2.05) is 0 Å². The van der Waals surface area contributed by atoms with Gasteiger partial charge in [-0.25, -0.2) is 0 Å². The SMILES string of the molecule is O=C1CC[C@H](C(=O)Nc2ccc(OC(F)F)c(OCC3CC3)c2)CN1. The van der Waals surface area contributed by atoms with Crippen molar-refractivity contribution in [3.05, 3.63) is 18.2 Å². The molecule has 2 aliphatic rings. The van der Waals surface area contributed by atoms with Gasteiger partial charge in [-0.15, -0.1) is 0 Å². The van der Waals surface area contributed by atoms with Crippen LogP contribution in [-0.4, -0.2) is 31.6 Å². The number of carbonyl (C=O) groups excluding carboxylic acids is 2. The fourth-order valence-electron chi connectivity index (χ4n) is 2.59. The standard InChI is InChI=1S/C17H20F2N2O4/c18-17(19)25-13-5-4-12(7-14(13)24-9-10-1-2-10)21-16(23)11-3-6-15(22)20-8-11/h4-5,7,10-11,17H,1-3,6,8-9H2,(H,20,22)(H,21,23)/t11-/m0/s1. The molecule has 1 saturated carbocycles. The summed E-state index contributed by atoms with van der Waals surface area (Å²) in [6.07, 6.45) is 2.92. The monoisotopic (exact) mass is 354 g/mol. The molecule has 6 nitrogen and oxygen atoms in total. The molecule has 1 saturated heterocycles. The minimum absolute atomic E-state index is 0.0569. The molecule has 0 radical (unpaired) electrons. The normalized spacial score (nSPS) is 20.1. The average Bonchev–Trinajstić information content (AvgIpc) is 3.39. The molecule has 2 N–H and O–H groups in total. The summed E-state index contributed by atoms with van der Waals surface area (Å²) in [4.78, 5) is 23.4. The number of alkyl halides is 2. The molecule has 3 rings (SSSR count). The van der Waals surface area contributed by atoms with Gasteiger partial charge in [-0.1, -0.05) is 0 Å². The second-order valence-corrected chi connectivity index (χ2v) is 6.32. The quantitative estimate of drug-likeness (QED) is 0.789.